The van der Waals surface area contributed by atoms with E-state index in [2.05, 4.69) is 26.0 Å². The minimum absolute atomic E-state index is 0.553. The molecule has 0 aliphatic heterocycles. The summed E-state index contributed by atoms with van der Waals surface area (Å²) < 4.78 is 0. The molecule has 0 fully saturated rings. The van der Waals surface area contributed by atoms with Crippen LogP contribution in [0, 0.1) is 11.3 Å². The van der Waals surface area contributed by atoms with Gasteiger partial charge in [-0.1, -0.05) is 13.8 Å². The third kappa shape index (κ3) is 2.06. The lowest BCUT2D eigenvalue weighted by molar-refractivity contribution is 0.890. The Kier molecular flexibility index (Phi) is 2.67. The SMILES string of the molecule is CC(C)c1ccc(CC#N)s1. The Morgan fingerprint density at radius 1 is 1.55 bits per heavy atom. The van der Waals surface area contributed by atoms with E-state index < -0.39 is 0 Å². The number of nitrogens with zero attached hydrogens (tertiary/aromatic N) is 1. The molecule has 58 valence electrons. The summed E-state index contributed by atoms with van der Waals surface area (Å²) >= 11 is 1.74. The van der Waals surface area contributed by atoms with Gasteiger partial charge in [-0.3, -0.25) is 0 Å². The van der Waals surface area contributed by atoms with E-state index in [1.54, 1.807) is 11.3 Å². The smallest absolute Gasteiger partial charge is 0.0695 e. The number of hydrogen-bond donors (Lipinski definition) is 0. The second-order valence-electron chi connectivity index (χ2n) is 2.79. The highest BCUT2D eigenvalue weighted by molar-refractivity contribution is 7.12. The minimum Gasteiger partial charge on any atom is -0.198 e. The predicted octanol–water partition coefficient (Wildman–Crippen LogP) is 2.94. The van der Waals surface area contributed by atoms with Gasteiger partial charge in [0, 0.05) is 9.75 Å². The van der Waals surface area contributed by atoms with Gasteiger partial charge in [-0.15, -0.1) is 11.3 Å². The van der Waals surface area contributed by atoms with Crippen molar-refractivity contribution in [3.8, 4) is 6.07 Å². The molecule has 0 N–H and O–H groups in total. The predicted molar refractivity (Wildman–Crippen MR) is 47.7 cm³/mol. The van der Waals surface area contributed by atoms with Crippen molar-refractivity contribution < 1.29 is 0 Å². The van der Waals surface area contributed by atoms with Crippen LogP contribution in [0.2, 0.25) is 0 Å². The average molecular weight is 165 g/mol. The van der Waals surface area contributed by atoms with Crippen LogP contribution in [0.25, 0.3) is 0 Å². The highest BCUT2D eigenvalue weighted by Crippen LogP contribution is 2.24. The van der Waals surface area contributed by atoms with Gasteiger partial charge in [-0.2, -0.15) is 5.26 Å². The first kappa shape index (κ1) is 8.29. The van der Waals surface area contributed by atoms with E-state index in [4.69, 9.17) is 5.26 Å². The molecule has 1 aromatic heterocycles. The molecule has 0 amide bonds. The summed E-state index contributed by atoms with van der Waals surface area (Å²) in [5, 5.41) is 8.42. The third-order valence-corrected chi connectivity index (χ3v) is 2.89. The maximum absolute atomic E-state index is 8.42. The molecule has 0 unspecified atom stereocenters. The van der Waals surface area contributed by atoms with Crippen LogP contribution in [0.3, 0.4) is 0 Å². The van der Waals surface area contributed by atoms with E-state index in [-0.39, 0.29) is 0 Å². The molecule has 1 heterocycles. The van der Waals surface area contributed by atoms with Crippen molar-refractivity contribution >= 4 is 11.3 Å². The Labute approximate surface area is 71.3 Å². The summed E-state index contributed by atoms with van der Waals surface area (Å²) in [6.45, 7) is 4.34. The van der Waals surface area contributed by atoms with Crippen molar-refractivity contribution in [2.24, 2.45) is 0 Å². The molecule has 0 radical (unpaired) electrons. The van der Waals surface area contributed by atoms with Crippen LogP contribution in [-0.4, -0.2) is 0 Å². The zero-order chi connectivity index (χ0) is 8.27. The molecular weight excluding hydrogens is 154 g/mol. The number of hydrogen-bond acceptors (Lipinski definition) is 2. The second kappa shape index (κ2) is 3.54. The van der Waals surface area contributed by atoms with Crippen molar-refractivity contribution in [1.82, 2.24) is 0 Å². The Hall–Kier alpha value is -0.810. The van der Waals surface area contributed by atoms with Crippen molar-refractivity contribution in [3.05, 3.63) is 21.9 Å². The monoisotopic (exact) mass is 165 g/mol. The first-order chi connectivity index (χ1) is 5.24. The van der Waals surface area contributed by atoms with Gasteiger partial charge >= 0.3 is 0 Å². The van der Waals surface area contributed by atoms with E-state index in [1.807, 2.05) is 6.07 Å². The molecular formula is C9H11NS. The van der Waals surface area contributed by atoms with E-state index in [0.29, 0.717) is 12.3 Å². The van der Waals surface area contributed by atoms with Crippen LogP contribution >= 0.6 is 11.3 Å². The van der Waals surface area contributed by atoms with Gasteiger partial charge in [0.25, 0.3) is 0 Å². The standard InChI is InChI=1S/C9H11NS/c1-7(2)9-4-3-8(11-9)5-6-10/h3-4,7H,5H2,1-2H3. The quantitative estimate of drug-likeness (QED) is 0.661. The van der Waals surface area contributed by atoms with Gasteiger partial charge in [0.2, 0.25) is 0 Å². The summed E-state index contributed by atoms with van der Waals surface area (Å²) in [4.78, 5) is 2.55. The van der Waals surface area contributed by atoms with Crippen LogP contribution in [0.1, 0.15) is 29.5 Å². The minimum atomic E-state index is 0.553. The molecule has 0 aliphatic carbocycles. The maximum atomic E-state index is 8.42. The van der Waals surface area contributed by atoms with E-state index in [1.165, 1.54) is 9.75 Å². The lowest BCUT2D eigenvalue weighted by Crippen LogP contribution is -1.77. The molecule has 2 heteroatoms. The molecule has 0 spiro atoms. The molecule has 0 saturated heterocycles. The van der Waals surface area contributed by atoms with Crippen molar-refractivity contribution in [2.45, 2.75) is 26.2 Å². The zero-order valence-electron chi connectivity index (χ0n) is 6.79. The van der Waals surface area contributed by atoms with Crippen molar-refractivity contribution in [2.75, 3.05) is 0 Å². The first-order valence-electron chi connectivity index (χ1n) is 3.69. The summed E-state index contributed by atoms with van der Waals surface area (Å²) in [5.74, 6) is 0.590. The van der Waals surface area contributed by atoms with Gasteiger partial charge in [-0.25, -0.2) is 0 Å². The molecule has 1 rings (SSSR count). The molecule has 1 aromatic rings. The Morgan fingerprint density at radius 2 is 2.27 bits per heavy atom. The average Bonchev–Trinajstić information content (AvgIpc) is 2.37. The highest BCUT2D eigenvalue weighted by Gasteiger charge is 2.02. The van der Waals surface area contributed by atoms with Crippen molar-refractivity contribution in [1.29, 1.82) is 5.26 Å². The van der Waals surface area contributed by atoms with Gasteiger partial charge in [0.1, 0.15) is 0 Å². The van der Waals surface area contributed by atoms with Crippen LogP contribution in [0.4, 0.5) is 0 Å². The fraction of sp³-hybridized carbons (Fsp3) is 0.444. The second-order valence-corrected chi connectivity index (χ2v) is 3.99. The zero-order valence-corrected chi connectivity index (χ0v) is 7.61. The largest absolute Gasteiger partial charge is 0.198 e. The molecule has 0 atom stereocenters. The van der Waals surface area contributed by atoms with Gasteiger partial charge in [-0.05, 0) is 18.1 Å². The molecule has 0 saturated carbocycles. The Balaban J connectivity index is 2.75. The fourth-order valence-electron chi connectivity index (χ4n) is 0.878. The van der Waals surface area contributed by atoms with Gasteiger partial charge in [0.15, 0.2) is 0 Å². The van der Waals surface area contributed by atoms with E-state index >= 15 is 0 Å². The van der Waals surface area contributed by atoms with Crippen LogP contribution in [0.5, 0.6) is 0 Å². The molecule has 1 nitrogen and oxygen atoms in total. The Bertz CT molecular complexity index is 267. The first-order valence-corrected chi connectivity index (χ1v) is 4.51. The van der Waals surface area contributed by atoms with Crippen molar-refractivity contribution in [3.63, 3.8) is 0 Å². The number of rotatable bonds is 2. The summed E-state index contributed by atoms with van der Waals surface area (Å²) in [6.07, 6.45) is 0.553. The number of nitriles is 1. The topological polar surface area (TPSA) is 23.8 Å². The summed E-state index contributed by atoms with van der Waals surface area (Å²) in [5.41, 5.74) is 0. The molecule has 0 aliphatic rings. The molecule has 0 aromatic carbocycles. The van der Waals surface area contributed by atoms with Gasteiger partial charge < -0.3 is 0 Å². The molecule has 11 heavy (non-hydrogen) atoms. The van der Waals surface area contributed by atoms with Crippen LogP contribution in [0.15, 0.2) is 12.1 Å². The van der Waals surface area contributed by atoms with Gasteiger partial charge in [0.05, 0.1) is 12.5 Å². The van der Waals surface area contributed by atoms with Crippen LogP contribution < -0.4 is 0 Å². The number of thiophene rings is 1. The summed E-state index contributed by atoms with van der Waals surface area (Å²) in [6, 6.07) is 6.30. The molecule has 0 bridgehead atoms. The van der Waals surface area contributed by atoms with Crippen LogP contribution in [-0.2, 0) is 6.42 Å². The highest BCUT2D eigenvalue weighted by atomic mass is 32.1. The lowest BCUT2D eigenvalue weighted by atomic mass is 10.2. The van der Waals surface area contributed by atoms with E-state index in [0.717, 1.165) is 0 Å². The maximum Gasteiger partial charge on any atom is 0.0695 e. The lowest BCUT2D eigenvalue weighted by Gasteiger charge is -1.96. The Morgan fingerprint density at radius 3 is 2.73 bits per heavy atom. The third-order valence-electron chi connectivity index (χ3n) is 1.50. The summed E-state index contributed by atoms with van der Waals surface area (Å²) in [7, 11) is 0. The van der Waals surface area contributed by atoms with E-state index in [9.17, 15) is 0 Å². The fourth-order valence-corrected chi connectivity index (χ4v) is 1.83. The normalized spacial score (nSPS) is 10.0.